The monoisotopic (exact) mass is 281 g/mol. The van der Waals surface area contributed by atoms with Gasteiger partial charge in [0.1, 0.15) is 0 Å². The lowest BCUT2D eigenvalue weighted by Gasteiger charge is -2.07. The van der Waals surface area contributed by atoms with Crippen molar-refractivity contribution in [2.45, 2.75) is 13.5 Å². The number of hydrogen-bond acceptors (Lipinski definition) is 4. The van der Waals surface area contributed by atoms with E-state index in [4.69, 9.17) is 5.73 Å². The Morgan fingerprint density at radius 2 is 2.14 bits per heavy atom. The highest BCUT2D eigenvalue weighted by molar-refractivity contribution is 5.99. The zero-order chi connectivity index (χ0) is 14.8. The maximum absolute atomic E-state index is 12.2. The van der Waals surface area contributed by atoms with E-state index in [1.165, 1.54) is 0 Å². The smallest absolute Gasteiger partial charge is 0.253 e. The molecule has 0 saturated carbocycles. The molecule has 0 bridgehead atoms. The number of aromatic nitrogens is 3. The third-order valence-corrected chi connectivity index (χ3v) is 3.24. The molecule has 1 aromatic carbocycles. The first-order valence-corrected chi connectivity index (χ1v) is 6.58. The molecule has 6 nitrogen and oxygen atoms in total. The minimum Gasteiger partial charge on any atom is -0.398 e. The molecule has 0 unspecified atom stereocenters. The molecule has 1 amide bonds. The second-order valence-electron chi connectivity index (χ2n) is 4.82. The number of hydrogen-bond donors (Lipinski definition) is 2. The summed E-state index contributed by atoms with van der Waals surface area (Å²) < 4.78 is 1.83. The van der Waals surface area contributed by atoms with Crippen LogP contribution < -0.4 is 11.1 Å². The van der Waals surface area contributed by atoms with Crippen LogP contribution in [0.2, 0.25) is 0 Å². The largest absolute Gasteiger partial charge is 0.398 e. The molecule has 0 fully saturated rings. The van der Waals surface area contributed by atoms with E-state index in [9.17, 15) is 4.79 Å². The van der Waals surface area contributed by atoms with Crippen molar-refractivity contribution in [2.24, 2.45) is 0 Å². The van der Waals surface area contributed by atoms with Gasteiger partial charge in [0.05, 0.1) is 12.1 Å². The third kappa shape index (κ3) is 2.55. The van der Waals surface area contributed by atoms with Gasteiger partial charge in [-0.1, -0.05) is 17.7 Å². The number of anilines is 1. The lowest BCUT2D eigenvalue weighted by Crippen LogP contribution is -2.25. The molecule has 6 heteroatoms. The first kappa shape index (κ1) is 13.1. The molecule has 0 radical (unpaired) electrons. The van der Waals surface area contributed by atoms with Crippen LogP contribution in [-0.4, -0.2) is 20.5 Å². The SMILES string of the molecule is Cc1ccc(N)c(C(=O)NCc2nnc3ccccn23)c1. The quantitative estimate of drug-likeness (QED) is 0.713. The van der Waals surface area contributed by atoms with Crippen molar-refractivity contribution in [1.82, 2.24) is 19.9 Å². The molecular formula is C15H15N5O. The van der Waals surface area contributed by atoms with Crippen molar-refractivity contribution in [1.29, 1.82) is 0 Å². The van der Waals surface area contributed by atoms with Crippen LogP contribution in [0.3, 0.4) is 0 Å². The topological polar surface area (TPSA) is 85.3 Å². The Balaban J connectivity index is 1.78. The van der Waals surface area contributed by atoms with E-state index >= 15 is 0 Å². The van der Waals surface area contributed by atoms with E-state index in [-0.39, 0.29) is 12.5 Å². The molecule has 2 aromatic heterocycles. The molecule has 0 aliphatic carbocycles. The normalized spacial score (nSPS) is 10.7. The summed E-state index contributed by atoms with van der Waals surface area (Å²) in [5.74, 6) is 0.453. The lowest BCUT2D eigenvalue weighted by molar-refractivity contribution is 0.0950. The van der Waals surface area contributed by atoms with E-state index in [2.05, 4.69) is 15.5 Å². The Labute approximate surface area is 121 Å². The number of benzene rings is 1. The fourth-order valence-corrected chi connectivity index (χ4v) is 2.13. The van der Waals surface area contributed by atoms with Crippen molar-refractivity contribution in [3.8, 4) is 0 Å². The second-order valence-corrected chi connectivity index (χ2v) is 4.82. The number of fused-ring (bicyclic) bond motifs is 1. The minimum atomic E-state index is -0.219. The fourth-order valence-electron chi connectivity index (χ4n) is 2.13. The van der Waals surface area contributed by atoms with Gasteiger partial charge in [0.15, 0.2) is 11.5 Å². The molecule has 0 aliphatic heterocycles. The van der Waals surface area contributed by atoms with Crippen molar-refractivity contribution < 1.29 is 4.79 Å². The van der Waals surface area contributed by atoms with Gasteiger partial charge in [-0.05, 0) is 31.2 Å². The number of nitrogens with one attached hydrogen (secondary N) is 1. The Bertz CT molecular complexity index is 809. The van der Waals surface area contributed by atoms with Crippen LogP contribution in [0, 0.1) is 6.92 Å². The molecule has 2 heterocycles. The maximum Gasteiger partial charge on any atom is 0.253 e. The summed E-state index contributed by atoms with van der Waals surface area (Å²) in [7, 11) is 0. The molecular weight excluding hydrogens is 266 g/mol. The summed E-state index contributed by atoms with van der Waals surface area (Å²) in [4.78, 5) is 12.2. The standard InChI is InChI=1S/C15H15N5O/c1-10-5-6-12(16)11(8-10)15(21)17-9-14-19-18-13-4-2-3-7-20(13)14/h2-8H,9,16H2,1H3,(H,17,21). The van der Waals surface area contributed by atoms with Gasteiger partial charge in [0.2, 0.25) is 0 Å². The van der Waals surface area contributed by atoms with Crippen LogP contribution in [0.4, 0.5) is 5.69 Å². The highest BCUT2D eigenvalue weighted by atomic mass is 16.1. The molecule has 3 N–H and O–H groups in total. The zero-order valence-electron chi connectivity index (χ0n) is 11.6. The second kappa shape index (κ2) is 5.24. The average Bonchev–Trinajstić information content (AvgIpc) is 2.90. The van der Waals surface area contributed by atoms with E-state index in [1.807, 2.05) is 41.8 Å². The van der Waals surface area contributed by atoms with Crippen LogP contribution in [0.1, 0.15) is 21.7 Å². The zero-order valence-corrected chi connectivity index (χ0v) is 11.6. The maximum atomic E-state index is 12.2. The van der Waals surface area contributed by atoms with Crippen molar-refractivity contribution >= 4 is 17.2 Å². The highest BCUT2D eigenvalue weighted by Gasteiger charge is 2.11. The van der Waals surface area contributed by atoms with Gasteiger partial charge in [0.25, 0.3) is 5.91 Å². The predicted octanol–water partition coefficient (Wildman–Crippen LogP) is 1.55. The number of nitrogen functional groups attached to an aromatic ring is 1. The summed E-state index contributed by atoms with van der Waals surface area (Å²) in [5.41, 5.74) is 8.51. The van der Waals surface area contributed by atoms with Crippen molar-refractivity contribution in [3.05, 3.63) is 59.5 Å². The van der Waals surface area contributed by atoms with E-state index in [0.29, 0.717) is 17.1 Å². The van der Waals surface area contributed by atoms with Gasteiger partial charge < -0.3 is 11.1 Å². The summed E-state index contributed by atoms with van der Waals surface area (Å²) in [5, 5.41) is 10.9. The predicted molar refractivity (Wildman–Crippen MR) is 79.7 cm³/mol. The van der Waals surface area contributed by atoms with E-state index in [1.54, 1.807) is 12.1 Å². The molecule has 106 valence electrons. The van der Waals surface area contributed by atoms with Gasteiger partial charge in [-0.3, -0.25) is 9.20 Å². The van der Waals surface area contributed by atoms with E-state index < -0.39 is 0 Å². The number of nitrogens with two attached hydrogens (primary N) is 1. The molecule has 0 atom stereocenters. The molecule has 0 aliphatic rings. The Morgan fingerprint density at radius 3 is 3.00 bits per heavy atom. The summed E-state index contributed by atoms with van der Waals surface area (Å²) in [6.45, 7) is 2.21. The van der Waals surface area contributed by atoms with Crippen LogP contribution in [0.25, 0.3) is 5.65 Å². The van der Waals surface area contributed by atoms with Gasteiger partial charge in [-0.25, -0.2) is 0 Å². The van der Waals surface area contributed by atoms with Gasteiger partial charge in [0, 0.05) is 11.9 Å². The summed E-state index contributed by atoms with van der Waals surface area (Å²) in [6.07, 6.45) is 1.86. The first-order valence-electron chi connectivity index (χ1n) is 6.58. The summed E-state index contributed by atoms with van der Waals surface area (Å²) >= 11 is 0. The van der Waals surface area contributed by atoms with Crippen LogP contribution >= 0.6 is 0 Å². The third-order valence-electron chi connectivity index (χ3n) is 3.24. The van der Waals surface area contributed by atoms with Crippen molar-refractivity contribution in [3.63, 3.8) is 0 Å². The van der Waals surface area contributed by atoms with Gasteiger partial charge in [-0.15, -0.1) is 10.2 Å². The molecule has 3 aromatic rings. The lowest BCUT2D eigenvalue weighted by atomic mass is 10.1. The van der Waals surface area contributed by atoms with Crippen LogP contribution in [0.15, 0.2) is 42.6 Å². The van der Waals surface area contributed by atoms with Gasteiger partial charge >= 0.3 is 0 Å². The Kier molecular flexibility index (Phi) is 3.27. The molecule has 3 rings (SSSR count). The minimum absolute atomic E-state index is 0.219. The number of carbonyl (C=O) groups is 1. The van der Waals surface area contributed by atoms with Crippen LogP contribution in [0.5, 0.6) is 0 Å². The number of rotatable bonds is 3. The number of amides is 1. The van der Waals surface area contributed by atoms with Crippen molar-refractivity contribution in [2.75, 3.05) is 5.73 Å². The van der Waals surface area contributed by atoms with E-state index in [0.717, 1.165) is 11.2 Å². The number of nitrogens with zero attached hydrogens (tertiary/aromatic N) is 3. The van der Waals surface area contributed by atoms with Crippen LogP contribution in [-0.2, 0) is 6.54 Å². The first-order chi connectivity index (χ1) is 10.1. The average molecular weight is 281 g/mol. The number of carbonyl (C=O) groups excluding carboxylic acids is 1. The molecule has 0 saturated heterocycles. The Hall–Kier alpha value is -2.89. The number of aryl methyl sites for hydroxylation is 1. The Morgan fingerprint density at radius 1 is 1.29 bits per heavy atom. The summed E-state index contributed by atoms with van der Waals surface area (Å²) in [6, 6.07) is 11.0. The highest BCUT2D eigenvalue weighted by Crippen LogP contribution is 2.13. The molecule has 0 spiro atoms. The number of pyridine rings is 1. The van der Waals surface area contributed by atoms with Gasteiger partial charge in [-0.2, -0.15) is 0 Å². The fraction of sp³-hybridized carbons (Fsp3) is 0.133. The molecule has 21 heavy (non-hydrogen) atoms.